The first-order valence-electron chi connectivity index (χ1n) is 9.88. The van der Waals surface area contributed by atoms with Gasteiger partial charge in [-0.1, -0.05) is 26.0 Å². The minimum atomic E-state index is 0.0806. The van der Waals surface area contributed by atoms with Crippen molar-refractivity contribution in [2.75, 3.05) is 13.1 Å². The molecule has 6 heteroatoms. The summed E-state index contributed by atoms with van der Waals surface area (Å²) in [5, 5.41) is 4.60. The van der Waals surface area contributed by atoms with Crippen molar-refractivity contribution >= 4 is 16.9 Å². The van der Waals surface area contributed by atoms with Crippen LogP contribution in [0, 0.1) is 0 Å². The number of benzene rings is 1. The van der Waals surface area contributed by atoms with Crippen LogP contribution in [0.5, 0.6) is 0 Å². The lowest BCUT2D eigenvalue weighted by Crippen LogP contribution is -2.40. The van der Waals surface area contributed by atoms with Gasteiger partial charge in [-0.15, -0.1) is 0 Å². The summed E-state index contributed by atoms with van der Waals surface area (Å²) >= 11 is 0. The van der Waals surface area contributed by atoms with E-state index in [0.29, 0.717) is 24.7 Å². The molecule has 0 aliphatic carbocycles. The number of nitrogens with zero attached hydrogens (tertiary/aromatic N) is 4. The largest absolute Gasteiger partial charge is 0.342 e. The molecule has 6 nitrogen and oxygen atoms in total. The molecule has 142 valence electrons. The summed E-state index contributed by atoms with van der Waals surface area (Å²) < 4.78 is 1.84. The average Bonchev–Trinajstić information content (AvgIpc) is 3.31. The van der Waals surface area contributed by atoms with Gasteiger partial charge >= 0.3 is 0 Å². The Kier molecular flexibility index (Phi) is 4.72. The summed E-state index contributed by atoms with van der Waals surface area (Å²) in [6.45, 7) is 8.44. The number of carbonyl (C=O) groups is 1. The van der Waals surface area contributed by atoms with E-state index in [0.717, 1.165) is 41.9 Å². The summed E-state index contributed by atoms with van der Waals surface area (Å²) in [5.74, 6) is 1.63. The van der Waals surface area contributed by atoms with E-state index in [4.69, 9.17) is 4.98 Å². The van der Waals surface area contributed by atoms with Crippen LogP contribution in [0.15, 0.2) is 30.3 Å². The Hall–Kier alpha value is -2.63. The standard InChI is InChI=1S/C21H27N5O/c1-4-26-19(12-18(24-26)14(2)3)21(27)25-11-7-8-15(13-25)20-22-16-9-5-6-10-17(16)23-20/h5-6,9-10,12,14-15H,4,7-8,11,13H2,1-3H3,(H,22,23)/t15-/m0/s1. The minimum absolute atomic E-state index is 0.0806. The number of para-hydroxylation sites is 2. The monoisotopic (exact) mass is 365 g/mol. The van der Waals surface area contributed by atoms with E-state index in [2.05, 4.69) is 23.9 Å². The van der Waals surface area contributed by atoms with Gasteiger partial charge in [-0.25, -0.2) is 4.98 Å². The highest BCUT2D eigenvalue weighted by atomic mass is 16.2. The normalized spacial score (nSPS) is 17.8. The zero-order chi connectivity index (χ0) is 19.0. The molecule has 0 radical (unpaired) electrons. The number of amides is 1. The van der Waals surface area contributed by atoms with Crippen LogP contribution in [0.2, 0.25) is 0 Å². The molecule has 1 atom stereocenters. The van der Waals surface area contributed by atoms with Crippen molar-refractivity contribution in [2.45, 2.75) is 52.0 Å². The van der Waals surface area contributed by atoms with E-state index >= 15 is 0 Å². The van der Waals surface area contributed by atoms with Crippen LogP contribution >= 0.6 is 0 Å². The molecule has 1 N–H and O–H groups in total. The predicted octanol–water partition coefficient (Wildman–Crippen LogP) is 3.92. The number of rotatable bonds is 4. The summed E-state index contributed by atoms with van der Waals surface area (Å²) in [4.78, 5) is 23.4. The van der Waals surface area contributed by atoms with Gasteiger partial charge in [-0.3, -0.25) is 9.48 Å². The number of aryl methyl sites for hydroxylation is 1. The SMILES string of the molecule is CCn1nc(C(C)C)cc1C(=O)N1CCC[C@H](c2nc3ccccc3[nH]2)C1. The molecular weight excluding hydrogens is 338 g/mol. The number of fused-ring (bicyclic) bond motifs is 1. The van der Waals surface area contributed by atoms with Gasteiger partial charge in [-0.2, -0.15) is 5.10 Å². The minimum Gasteiger partial charge on any atom is -0.342 e. The Bertz CT molecular complexity index is 922. The van der Waals surface area contributed by atoms with Crippen molar-refractivity contribution in [2.24, 2.45) is 0 Å². The number of aromatic nitrogens is 4. The molecule has 1 fully saturated rings. The number of H-pyrrole nitrogens is 1. The number of imidazole rings is 1. The topological polar surface area (TPSA) is 66.8 Å². The van der Waals surface area contributed by atoms with Gasteiger partial charge < -0.3 is 9.88 Å². The molecule has 1 aliphatic heterocycles. The molecule has 0 spiro atoms. The molecule has 3 heterocycles. The number of hydrogen-bond acceptors (Lipinski definition) is 3. The van der Waals surface area contributed by atoms with Crippen LogP contribution in [0.25, 0.3) is 11.0 Å². The van der Waals surface area contributed by atoms with Crippen LogP contribution in [-0.4, -0.2) is 43.6 Å². The second-order valence-corrected chi connectivity index (χ2v) is 7.65. The molecule has 1 aromatic carbocycles. The van der Waals surface area contributed by atoms with E-state index in [9.17, 15) is 4.79 Å². The van der Waals surface area contributed by atoms with Gasteiger partial charge in [-0.05, 0) is 43.9 Å². The lowest BCUT2D eigenvalue weighted by molar-refractivity contribution is 0.0692. The average molecular weight is 365 g/mol. The van der Waals surface area contributed by atoms with E-state index < -0.39 is 0 Å². The van der Waals surface area contributed by atoms with Crippen molar-refractivity contribution in [3.8, 4) is 0 Å². The van der Waals surface area contributed by atoms with Crippen molar-refractivity contribution in [1.29, 1.82) is 0 Å². The second kappa shape index (κ2) is 7.18. The number of nitrogens with one attached hydrogen (secondary N) is 1. The lowest BCUT2D eigenvalue weighted by atomic mass is 9.97. The third-order valence-corrected chi connectivity index (χ3v) is 5.41. The van der Waals surface area contributed by atoms with Crippen LogP contribution in [-0.2, 0) is 6.54 Å². The van der Waals surface area contributed by atoms with E-state index in [-0.39, 0.29) is 11.8 Å². The van der Waals surface area contributed by atoms with Crippen LogP contribution in [0.4, 0.5) is 0 Å². The molecule has 0 bridgehead atoms. The molecule has 3 aromatic rings. The first-order valence-corrected chi connectivity index (χ1v) is 9.88. The van der Waals surface area contributed by atoms with Gasteiger partial charge in [0.2, 0.25) is 0 Å². The van der Waals surface area contributed by atoms with Gasteiger partial charge in [0.25, 0.3) is 5.91 Å². The Balaban J connectivity index is 1.56. The van der Waals surface area contributed by atoms with E-state index in [1.807, 2.05) is 46.8 Å². The van der Waals surface area contributed by atoms with Crippen molar-refractivity contribution < 1.29 is 4.79 Å². The van der Waals surface area contributed by atoms with Gasteiger partial charge in [0, 0.05) is 25.6 Å². The Morgan fingerprint density at radius 2 is 2.15 bits per heavy atom. The van der Waals surface area contributed by atoms with Crippen molar-refractivity contribution in [3.05, 3.63) is 47.5 Å². The molecule has 27 heavy (non-hydrogen) atoms. The van der Waals surface area contributed by atoms with Crippen molar-refractivity contribution in [1.82, 2.24) is 24.6 Å². The van der Waals surface area contributed by atoms with Gasteiger partial charge in [0.05, 0.1) is 16.7 Å². The number of hydrogen-bond donors (Lipinski definition) is 1. The number of aromatic amines is 1. The zero-order valence-electron chi connectivity index (χ0n) is 16.3. The highest BCUT2D eigenvalue weighted by molar-refractivity contribution is 5.93. The van der Waals surface area contributed by atoms with Gasteiger partial charge in [0.15, 0.2) is 0 Å². The fourth-order valence-electron chi connectivity index (χ4n) is 3.84. The number of piperidine rings is 1. The fraction of sp³-hybridized carbons (Fsp3) is 0.476. The van der Waals surface area contributed by atoms with Crippen LogP contribution in [0.1, 0.15) is 67.5 Å². The van der Waals surface area contributed by atoms with Crippen LogP contribution < -0.4 is 0 Å². The van der Waals surface area contributed by atoms with E-state index in [1.165, 1.54) is 0 Å². The van der Waals surface area contributed by atoms with E-state index in [1.54, 1.807) is 0 Å². The lowest BCUT2D eigenvalue weighted by Gasteiger charge is -2.31. The Labute approximate surface area is 159 Å². The smallest absolute Gasteiger partial charge is 0.272 e. The van der Waals surface area contributed by atoms with Crippen molar-refractivity contribution in [3.63, 3.8) is 0 Å². The Morgan fingerprint density at radius 3 is 2.89 bits per heavy atom. The van der Waals surface area contributed by atoms with Crippen LogP contribution in [0.3, 0.4) is 0 Å². The molecular formula is C21H27N5O. The summed E-state index contributed by atoms with van der Waals surface area (Å²) in [6.07, 6.45) is 2.04. The third-order valence-electron chi connectivity index (χ3n) is 5.41. The molecule has 1 saturated heterocycles. The molecule has 0 unspecified atom stereocenters. The highest BCUT2D eigenvalue weighted by Crippen LogP contribution is 2.28. The molecule has 4 rings (SSSR count). The molecule has 1 amide bonds. The molecule has 1 aliphatic rings. The first-order chi connectivity index (χ1) is 13.1. The maximum atomic E-state index is 13.2. The zero-order valence-corrected chi connectivity index (χ0v) is 16.3. The number of likely N-dealkylation sites (tertiary alicyclic amines) is 1. The molecule has 2 aromatic heterocycles. The second-order valence-electron chi connectivity index (χ2n) is 7.65. The first kappa shape index (κ1) is 17.8. The quantitative estimate of drug-likeness (QED) is 0.762. The predicted molar refractivity (Wildman–Crippen MR) is 106 cm³/mol. The Morgan fingerprint density at radius 1 is 1.33 bits per heavy atom. The fourth-order valence-corrected chi connectivity index (χ4v) is 3.84. The summed E-state index contributed by atoms with van der Waals surface area (Å²) in [5.41, 5.74) is 3.72. The highest BCUT2D eigenvalue weighted by Gasteiger charge is 2.29. The molecule has 0 saturated carbocycles. The number of carbonyl (C=O) groups excluding carboxylic acids is 1. The third kappa shape index (κ3) is 3.36. The maximum absolute atomic E-state index is 13.2. The summed E-state index contributed by atoms with van der Waals surface area (Å²) in [7, 11) is 0. The maximum Gasteiger partial charge on any atom is 0.272 e. The summed E-state index contributed by atoms with van der Waals surface area (Å²) in [6, 6.07) is 10.0. The van der Waals surface area contributed by atoms with Gasteiger partial charge in [0.1, 0.15) is 11.5 Å².